The maximum atomic E-state index is 11.2. The highest BCUT2D eigenvalue weighted by molar-refractivity contribution is 6.00. The fourth-order valence-electron chi connectivity index (χ4n) is 5.51. The van der Waals surface area contributed by atoms with Crippen LogP contribution < -0.4 is 5.73 Å². The molecule has 0 fully saturated rings. The van der Waals surface area contributed by atoms with Gasteiger partial charge in [-0.1, -0.05) is 108 Å². The Balaban J connectivity index is 0.000000297. The van der Waals surface area contributed by atoms with Gasteiger partial charge >= 0.3 is 0 Å². The zero-order chi connectivity index (χ0) is 32.4. The lowest BCUT2D eigenvalue weighted by molar-refractivity contribution is 0.0994. The van der Waals surface area contributed by atoms with E-state index in [0.717, 1.165) is 37.8 Å². The first-order valence-electron chi connectivity index (χ1n) is 16.1. The van der Waals surface area contributed by atoms with Crippen LogP contribution in [0.15, 0.2) is 66.7 Å². The average Bonchev–Trinajstić information content (AvgIpc) is 3.77. The van der Waals surface area contributed by atoms with Crippen LogP contribution in [0.1, 0.15) is 109 Å². The highest BCUT2D eigenvalue weighted by Gasteiger charge is 2.20. The molecule has 3 heteroatoms. The molecule has 0 atom stereocenters. The van der Waals surface area contributed by atoms with E-state index in [1.165, 1.54) is 55.7 Å². The number of nitrogens with two attached hydrogens (primary N) is 1. The summed E-state index contributed by atoms with van der Waals surface area (Å²) >= 11 is 0. The van der Waals surface area contributed by atoms with Crippen LogP contribution in [-0.4, -0.2) is 18.9 Å². The van der Waals surface area contributed by atoms with Gasteiger partial charge in [-0.05, 0) is 103 Å². The fourth-order valence-corrected chi connectivity index (χ4v) is 5.51. The van der Waals surface area contributed by atoms with Crippen molar-refractivity contribution < 1.29 is 4.79 Å². The van der Waals surface area contributed by atoms with E-state index < -0.39 is 0 Å². The standard InChI is InChI=1S/C12H11N.C12H15N.C10H10O.3C2H6/c1-9-4-3-5-12-10(8-13-2)6-7-11(9)12;1-9-3-2-4-12-10(7-8-13)5-6-11(9)12;1-7-3-2-4-9-8(7)5-6-10(9)11;3*1-2/h3-6H,7-8H2,1H3;2-5H,6-8,13H2,1H3;2-4H,5-6H2,1H3;3*1-2H3. The summed E-state index contributed by atoms with van der Waals surface area (Å²) in [5, 5.41) is 0. The molecule has 0 unspecified atom stereocenters. The number of hydrogen-bond donors (Lipinski definition) is 1. The van der Waals surface area contributed by atoms with Crippen molar-refractivity contribution >= 4 is 16.9 Å². The smallest absolute Gasteiger partial charge is 0.240 e. The van der Waals surface area contributed by atoms with Crippen LogP contribution in [0.25, 0.3) is 16.0 Å². The highest BCUT2D eigenvalue weighted by atomic mass is 16.1. The Morgan fingerprint density at radius 2 is 1.09 bits per heavy atom. The van der Waals surface area contributed by atoms with Gasteiger partial charge in [-0.2, -0.15) is 0 Å². The largest absolute Gasteiger partial charge is 0.330 e. The van der Waals surface area contributed by atoms with Crippen LogP contribution in [0.3, 0.4) is 0 Å². The van der Waals surface area contributed by atoms with Crippen molar-refractivity contribution in [3.63, 3.8) is 0 Å². The van der Waals surface area contributed by atoms with Gasteiger partial charge in [0.15, 0.2) is 5.78 Å². The first-order valence-corrected chi connectivity index (χ1v) is 16.1. The predicted molar refractivity (Wildman–Crippen MR) is 189 cm³/mol. The summed E-state index contributed by atoms with van der Waals surface area (Å²) in [4.78, 5) is 14.6. The third-order valence-electron chi connectivity index (χ3n) is 7.59. The summed E-state index contributed by atoms with van der Waals surface area (Å²) < 4.78 is 0. The van der Waals surface area contributed by atoms with Crippen molar-refractivity contribution in [2.24, 2.45) is 5.73 Å². The van der Waals surface area contributed by atoms with Crippen molar-refractivity contribution in [3.8, 4) is 0 Å². The molecule has 6 rings (SSSR count). The second-order valence-corrected chi connectivity index (χ2v) is 9.95. The molecule has 3 aliphatic carbocycles. The van der Waals surface area contributed by atoms with E-state index in [0.29, 0.717) is 18.7 Å². The minimum atomic E-state index is 0.309. The molecule has 0 bridgehead atoms. The molecular weight excluding hydrogens is 524 g/mol. The zero-order valence-electron chi connectivity index (χ0n) is 28.2. The number of ketones is 1. The Hall–Kier alpha value is -3.74. The number of fused-ring (bicyclic) bond motifs is 3. The van der Waals surface area contributed by atoms with E-state index in [4.69, 9.17) is 12.3 Å². The third kappa shape index (κ3) is 9.91. The molecule has 0 heterocycles. The first kappa shape index (κ1) is 37.3. The molecule has 0 spiro atoms. The number of carbonyl (C=O) groups excluding carboxylic acids is 1. The third-order valence-corrected chi connectivity index (χ3v) is 7.59. The minimum absolute atomic E-state index is 0.309. The molecule has 3 aromatic carbocycles. The van der Waals surface area contributed by atoms with E-state index in [1.807, 2.05) is 53.7 Å². The normalized spacial score (nSPS) is 12.6. The van der Waals surface area contributed by atoms with Crippen LogP contribution in [0.5, 0.6) is 0 Å². The topological polar surface area (TPSA) is 47.5 Å². The zero-order valence-corrected chi connectivity index (χ0v) is 28.2. The molecule has 3 aromatic rings. The van der Waals surface area contributed by atoms with Crippen molar-refractivity contribution in [2.75, 3.05) is 13.1 Å². The number of allylic oxidation sites excluding steroid dienone is 2. The molecule has 43 heavy (non-hydrogen) atoms. The Kier molecular flexibility index (Phi) is 17.5. The average molecular weight is 579 g/mol. The number of hydrogen-bond acceptors (Lipinski definition) is 2. The van der Waals surface area contributed by atoms with Crippen molar-refractivity contribution in [3.05, 3.63) is 128 Å². The molecule has 0 radical (unpaired) electrons. The lowest BCUT2D eigenvalue weighted by Gasteiger charge is -2.06. The summed E-state index contributed by atoms with van der Waals surface area (Å²) in [6.07, 6.45) is 9.25. The van der Waals surface area contributed by atoms with Gasteiger partial charge < -0.3 is 10.6 Å². The molecule has 0 saturated heterocycles. The number of nitrogens with zero attached hydrogens (tertiary/aromatic N) is 1. The van der Waals surface area contributed by atoms with E-state index in [9.17, 15) is 4.79 Å². The second-order valence-electron chi connectivity index (χ2n) is 9.95. The van der Waals surface area contributed by atoms with Gasteiger partial charge in [0, 0.05) is 17.6 Å². The van der Waals surface area contributed by atoms with E-state index >= 15 is 0 Å². The Bertz CT molecular complexity index is 1420. The maximum Gasteiger partial charge on any atom is 0.240 e. The monoisotopic (exact) mass is 578 g/mol. The van der Waals surface area contributed by atoms with Gasteiger partial charge in [0.25, 0.3) is 0 Å². The number of benzene rings is 3. The number of aryl methyl sites for hydroxylation is 3. The Labute approximate surface area is 262 Å². The Morgan fingerprint density at radius 1 is 0.651 bits per heavy atom. The van der Waals surface area contributed by atoms with Crippen LogP contribution in [0.2, 0.25) is 0 Å². The van der Waals surface area contributed by atoms with Gasteiger partial charge in [-0.3, -0.25) is 4.79 Å². The molecule has 2 N–H and O–H groups in total. The van der Waals surface area contributed by atoms with Crippen molar-refractivity contribution in [2.45, 2.75) is 94.4 Å². The summed E-state index contributed by atoms with van der Waals surface area (Å²) in [6, 6.07) is 18.8. The maximum absolute atomic E-state index is 11.2. The minimum Gasteiger partial charge on any atom is -0.330 e. The summed E-state index contributed by atoms with van der Waals surface area (Å²) in [7, 11) is 0. The van der Waals surface area contributed by atoms with Gasteiger partial charge in [0.05, 0.1) is 0 Å². The molecule has 3 nitrogen and oxygen atoms in total. The number of Topliss-reactive ketones (excluding diaryl/α,β-unsaturated/α-hetero) is 1. The van der Waals surface area contributed by atoms with Crippen molar-refractivity contribution in [1.82, 2.24) is 0 Å². The molecule has 0 amide bonds. The SMILES string of the molecule is CC.CC.CC.Cc1cccc2c1CC=C2CCN.Cc1cccc2c1CCC2=O.[C-]#[N+]CC1=CCc2c(C)cccc21. The molecular formula is C40H54N2O. The van der Waals surface area contributed by atoms with Gasteiger partial charge in [-0.15, -0.1) is 0 Å². The van der Waals surface area contributed by atoms with Crippen molar-refractivity contribution in [1.29, 1.82) is 0 Å². The molecule has 0 saturated carbocycles. The quantitative estimate of drug-likeness (QED) is 0.314. The predicted octanol–water partition coefficient (Wildman–Crippen LogP) is 10.3. The summed E-state index contributed by atoms with van der Waals surface area (Å²) in [5.41, 5.74) is 20.0. The number of rotatable bonds is 3. The molecule has 0 aromatic heterocycles. The lowest BCUT2D eigenvalue weighted by atomic mass is 10.00. The lowest BCUT2D eigenvalue weighted by Crippen LogP contribution is -1.99. The molecule has 230 valence electrons. The second kappa shape index (κ2) is 20.2. The first-order chi connectivity index (χ1) is 20.9. The van der Waals surface area contributed by atoms with Crippen LogP contribution in [0, 0.1) is 27.3 Å². The van der Waals surface area contributed by atoms with Gasteiger partial charge in [-0.25, -0.2) is 6.57 Å². The number of carbonyl (C=O) groups is 1. The fraction of sp³-hybridized carbons (Fsp3) is 0.400. The Morgan fingerprint density at radius 3 is 1.56 bits per heavy atom. The van der Waals surface area contributed by atoms with E-state index in [-0.39, 0.29) is 0 Å². The molecule has 3 aliphatic rings. The summed E-state index contributed by atoms with van der Waals surface area (Å²) in [5.74, 6) is 0.309. The van der Waals surface area contributed by atoms with Crippen LogP contribution in [0.4, 0.5) is 0 Å². The van der Waals surface area contributed by atoms with E-state index in [2.05, 4.69) is 80.2 Å². The van der Waals surface area contributed by atoms with Crippen LogP contribution >= 0.6 is 0 Å². The van der Waals surface area contributed by atoms with Gasteiger partial charge in [0.1, 0.15) is 0 Å². The highest BCUT2D eigenvalue weighted by Crippen LogP contribution is 2.31. The summed E-state index contributed by atoms with van der Waals surface area (Å²) in [6.45, 7) is 26.5. The van der Waals surface area contributed by atoms with Crippen LogP contribution in [-0.2, 0) is 19.3 Å². The van der Waals surface area contributed by atoms with E-state index in [1.54, 1.807) is 0 Å². The molecule has 0 aliphatic heterocycles. The van der Waals surface area contributed by atoms with Gasteiger partial charge in [0.2, 0.25) is 6.54 Å².